The number of para-hydroxylation sites is 1. The molecule has 2 aromatic carbocycles. The molecular formula is C20H19N3O2S. The highest BCUT2D eigenvalue weighted by molar-refractivity contribution is 8.14. The summed E-state index contributed by atoms with van der Waals surface area (Å²) >= 11 is 1.58. The average Bonchev–Trinajstić information content (AvgIpc) is 3.21. The molecule has 2 amide bonds. The van der Waals surface area contributed by atoms with E-state index in [0.717, 1.165) is 28.7 Å². The van der Waals surface area contributed by atoms with Gasteiger partial charge in [-0.3, -0.25) is 19.5 Å². The van der Waals surface area contributed by atoms with Gasteiger partial charge in [0.2, 0.25) is 5.91 Å². The second-order valence-electron chi connectivity index (χ2n) is 5.61. The van der Waals surface area contributed by atoms with Crippen molar-refractivity contribution in [3.8, 4) is 0 Å². The smallest absolute Gasteiger partial charge is 0.264 e. The van der Waals surface area contributed by atoms with Gasteiger partial charge in [0, 0.05) is 17.9 Å². The highest BCUT2D eigenvalue weighted by Crippen LogP contribution is 2.25. The maximum absolute atomic E-state index is 13.1. The fourth-order valence-corrected chi connectivity index (χ4v) is 3.37. The molecule has 1 aliphatic heterocycles. The molecular weight excluding hydrogens is 346 g/mol. The van der Waals surface area contributed by atoms with E-state index in [9.17, 15) is 9.59 Å². The molecule has 5 nitrogen and oxygen atoms in total. The zero-order valence-electron chi connectivity index (χ0n) is 14.2. The topological polar surface area (TPSA) is 61.8 Å². The average molecular weight is 365 g/mol. The van der Waals surface area contributed by atoms with E-state index in [1.807, 2.05) is 42.5 Å². The summed E-state index contributed by atoms with van der Waals surface area (Å²) in [5.41, 5.74) is 2.28. The minimum absolute atomic E-state index is 0.119. The molecule has 0 aliphatic carbocycles. The molecule has 0 unspecified atom stereocenters. The Morgan fingerprint density at radius 2 is 1.88 bits per heavy atom. The standard InChI is InChI=1S/C20H19N3O2S/c1-2-18(24)22-14-15-8-10-16(11-9-15)19(25)23(20-21-12-13-26-20)17-6-4-3-5-7-17/h2-11H,1,12-14H2,(H,22,24). The van der Waals surface area contributed by atoms with E-state index >= 15 is 0 Å². The lowest BCUT2D eigenvalue weighted by molar-refractivity contribution is -0.116. The molecule has 0 fully saturated rings. The molecule has 0 saturated heterocycles. The lowest BCUT2D eigenvalue weighted by atomic mass is 10.1. The molecule has 0 saturated carbocycles. The van der Waals surface area contributed by atoms with Crippen molar-refractivity contribution >= 4 is 34.4 Å². The molecule has 0 aromatic heterocycles. The van der Waals surface area contributed by atoms with Crippen molar-refractivity contribution in [2.24, 2.45) is 4.99 Å². The maximum atomic E-state index is 13.1. The van der Waals surface area contributed by atoms with Crippen molar-refractivity contribution in [2.45, 2.75) is 6.54 Å². The highest BCUT2D eigenvalue weighted by atomic mass is 32.2. The van der Waals surface area contributed by atoms with Gasteiger partial charge in [-0.2, -0.15) is 0 Å². The van der Waals surface area contributed by atoms with Gasteiger partial charge in [-0.15, -0.1) is 0 Å². The number of carbonyl (C=O) groups excluding carboxylic acids is 2. The third-order valence-electron chi connectivity index (χ3n) is 3.83. The minimum atomic E-state index is -0.225. The molecule has 1 heterocycles. The number of carbonyl (C=O) groups is 2. The number of anilines is 1. The maximum Gasteiger partial charge on any atom is 0.264 e. The highest BCUT2D eigenvalue weighted by Gasteiger charge is 2.25. The second-order valence-corrected chi connectivity index (χ2v) is 6.67. The zero-order chi connectivity index (χ0) is 18.4. The van der Waals surface area contributed by atoms with Gasteiger partial charge in [-0.05, 0) is 35.9 Å². The lowest BCUT2D eigenvalue weighted by Gasteiger charge is -2.22. The van der Waals surface area contributed by atoms with Crippen LogP contribution in [0.4, 0.5) is 5.69 Å². The van der Waals surface area contributed by atoms with Gasteiger partial charge < -0.3 is 5.32 Å². The quantitative estimate of drug-likeness (QED) is 0.828. The largest absolute Gasteiger partial charge is 0.348 e. The molecule has 2 aromatic rings. The summed E-state index contributed by atoms with van der Waals surface area (Å²) < 4.78 is 0. The molecule has 6 heteroatoms. The van der Waals surface area contributed by atoms with Crippen molar-refractivity contribution in [2.75, 3.05) is 17.2 Å². The van der Waals surface area contributed by atoms with Crippen LogP contribution in [-0.2, 0) is 11.3 Å². The molecule has 0 atom stereocenters. The van der Waals surface area contributed by atoms with Crippen LogP contribution in [0.5, 0.6) is 0 Å². The molecule has 0 radical (unpaired) electrons. The van der Waals surface area contributed by atoms with Gasteiger partial charge in [-0.25, -0.2) is 0 Å². The first-order valence-corrected chi connectivity index (χ1v) is 9.23. The predicted molar refractivity (Wildman–Crippen MR) is 106 cm³/mol. The molecule has 132 valence electrons. The van der Waals surface area contributed by atoms with E-state index in [4.69, 9.17) is 0 Å². The van der Waals surface area contributed by atoms with Crippen LogP contribution in [0.1, 0.15) is 15.9 Å². The van der Waals surface area contributed by atoms with E-state index in [1.54, 1.807) is 28.8 Å². The van der Waals surface area contributed by atoms with Gasteiger partial charge >= 0.3 is 0 Å². The van der Waals surface area contributed by atoms with Gasteiger partial charge in [0.15, 0.2) is 5.17 Å². The number of rotatable bonds is 5. The van der Waals surface area contributed by atoms with Crippen LogP contribution in [-0.4, -0.2) is 29.3 Å². The Labute approximate surface area is 156 Å². The Kier molecular flexibility index (Phi) is 5.86. The van der Waals surface area contributed by atoms with Crippen molar-refractivity contribution in [1.82, 2.24) is 5.32 Å². The fraction of sp³-hybridized carbons (Fsp3) is 0.150. The van der Waals surface area contributed by atoms with Crippen LogP contribution in [0.15, 0.2) is 72.2 Å². The van der Waals surface area contributed by atoms with Crippen molar-refractivity contribution < 1.29 is 9.59 Å². The number of amides is 2. The Hall–Kier alpha value is -2.86. The SMILES string of the molecule is C=CC(=O)NCc1ccc(C(=O)N(C2=NCCS2)c2ccccc2)cc1. The summed E-state index contributed by atoms with van der Waals surface area (Å²) in [5.74, 6) is 0.538. The Morgan fingerprint density at radius 3 is 2.50 bits per heavy atom. The molecule has 0 bridgehead atoms. The summed E-state index contributed by atoms with van der Waals surface area (Å²) in [6, 6.07) is 16.7. The number of amidine groups is 1. The molecule has 26 heavy (non-hydrogen) atoms. The number of nitrogens with one attached hydrogen (secondary N) is 1. The Morgan fingerprint density at radius 1 is 1.15 bits per heavy atom. The van der Waals surface area contributed by atoms with Gasteiger partial charge in [-0.1, -0.05) is 48.7 Å². The second kappa shape index (κ2) is 8.49. The predicted octanol–water partition coefficient (Wildman–Crippen LogP) is 3.24. The van der Waals surface area contributed by atoms with Crippen molar-refractivity contribution in [1.29, 1.82) is 0 Å². The number of hydrogen-bond donors (Lipinski definition) is 1. The normalized spacial score (nSPS) is 13.0. The van der Waals surface area contributed by atoms with Gasteiger partial charge in [0.1, 0.15) is 0 Å². The lowest BCUT2D eigenvalue weighted by Crippen LogP contribution is -2.34. The van der Waals surface area contributed by atoms with E-state index in [0.29, 0.717) is 12.1 Å². The summed E-state index contributed by atoms with van der Waals surface area (Å²) in [5, 5.41) is 3.44. The number of nitrogens with zero attached hydrogens (tertiary/aromatic N) is 2. The van der Waals surface area contributed by atoms with Crippen LogP contribution in [0, 0.1) is 0 Å². The first-order chi connectivity index (χ1) is 12.7. The molecule has 1 N–H and O–H groups in total. The summed E-state index contributed by atoms with van der Waals surface area (Å²) in [6.45, 7) is 4.53. The number of benzene rings is 2. The third-order valence-corrected chi connectivity index (χ3v) is 4.79. The number of aliphatic imine (C=N–C) groups is 1. The van der Waals surface area contributed by atoms with Crippen LogP contribution in [0.3, 0.4) is 0 Å². The fourth-order valence-electron chi connectivity index (χ4n) is 2.51. The first-order valence-electron chi connectivity index (χ1n) is 8.25. The van der Waals surface area contributed by atoms with Crippen molar-refractivity contribution in [3.63, 3.8) is 0 Å². The Bertz CT molecular complexity index is 832. The van der Waals surface area contributed by atoms with Crippen LogP contribution < -0.4 is 10.2 Å². The monoisotopic (exact) mass is 365 g/mol. The number of thioether (sulfide) groups is 1. The Balaban J connectivity index is 1.81. The summed E-state index contributed by atoms with van der Waals surface area (Å²) in [6.07, 6.45) is 1.23. The zero-order valence-corrected chi connectivity index (χ0v) is 15.0. The first kappa shape index (κ1) is 17.9. The van der Waals surface area contributed by atoms with Gasteiger partial charge in [0.25, 0.3) is 5.91 Å². The molecule has 3 rings (SSSR count). The third kappa shape index (κ3) is 4.21. The molecule has 0 spiro atoms. The summed E-state index contributed by atoms with van der Waals surface area (Å²) in [4.78, 5) is 30.5. The van der Waals surface area contributed by atoms with Crippen LogP contribution in [0.25, 0.3) is 0 Å². The minimum Gasteiger partial charge on any atom is -0.348 e. The summed E-state index contributed by atoms with van der Waals surface area (Å²) in [7, 11) is 0. The van der Waals surface area contributed by atoms with E-state index < -0.39 is 0 Å². The van der Waals surface area contributed by atoms with Crippen molar-refractivity contribution in [3.05, 3.63) is 78.4 Å². The van der Waals surface area contributed by atoms with E-state index in [1.165, 1.54) is 6.08 Å². The molecule has 1 aliphatic rings. The van der Waals surface area contributed by atoms with Crippen LogP contribution >= 0.6 is 11.8 Å². The van der Waals surface area contributed by atoms with Gasteiger partial charge in [0.05, 0.1) is 12.2 Å². The number of hydrogen-bond acceptors (Lipinski definition) is 4. The van der Waals surface area contributed by atoms with Crippen LogP contribution in [0.2, 0.25) is 0 Å². The van der Waals surface area contributed by atoms with E-state index in [-0.39, 0.29) is 11.8 Å². The van der Waals surface area contributed by atoms with E-state index in [2.05, 4.69) is 16.9 Å².